The van der Waals surface area contributed by atoms with Crippen molar-refractivity contribution >= 4 is 27.8 Å². The maximum Gasteiger partial charge on any atom is 0.225 e. The number of imidazole rings is 1. The molecule has 1 amide bonds. The van der Waals surface area contributed by atoms with Gasteiger partial charge >= 0.3 is 0 Å². The number of hydrogen-bond donors (Lipinski definition) is 1. The van der Waals surface area contributed by atoms with Crippen LogP contribution in [0.15, 0.2) is 72.9 Å². The molecule has 182 valence electrons. The maximum absolute atomic E-state index is 12.6. The van der Waals surface area contributed by atoms with Crippen LogP contribution in [-0.4, -0.2) is 38.4 Å². The van der Waals surface area contributed by atoms with E-state index in [0.29, 0.717) is 17.4 Å². The Morgan fingerprint density at radius 1 is 1.00 bits per heavy atom. The van der Waals surface area contributed by atoms with E-state index in [1.807, 2.05) is 29.3 Å². The molecule has 2 aromatic heterocycles. The lowest BCUT2D eigenvalue weighted by molar-refractivity contribution is -0.131. The Labute approximate surface area is 215 Å². The molecule has 6 heteroatoms. The van der Waals surface area contributed by atoms with E-state index in [0.717, 1.165) is 72.4 Å². The van der Waals surface area contributed by atoms with E-state index in [2.05, 4.69) is 64.2 Å². The van der Waals surface area contributed by atoms with E-state index < -0.39 is 0 Å². The molecule has 2 fully saturated rings. The number of aromatic amines is 1. The third-order valence-electron chi connectivity index (χ3n) is 7.88. The number of rotatable bonds is 5. The first kappa shape index (κ1) is 21.9. The topological polar surface area (TPSA) is 77.7 Å². The molecular weight excluding hydrogens is 458 g/mol. The van der Waals surface area contributed by atoms with Crippen molar-refractivity contribution in [1.82, 2.24) is 19.4 Å². The van der Waals surface area contributed by atoms with Crippen LogP contribution in [0.2, 0.25) is 0 Å². The van der Waals surface area contributed by atoms with Gasteiger partial charge in [-0.25, -0.2) is 4.98 Å². The first-order chi connectivity index (χ1) is 18.2. The molecule has 1 aliphatic carbocycles. The van der Waals surface area contributed by atoms with Gasteiger partial charge < -0.3 is 14.5 Å². The zero-order valence-corrected chi connectivity index (χ0v) is 20.5. The highest BCUT2D eigenvalue weighted by atomic mass is 16.2. The third kappa shape index (κ3) is 3.88. The largest absolute Gasteiger partial charge is 0.361 e. The summed E-state index contributed by atoms with van der Waals surface area (Å²) in [5.74, 6) is 1.80. The second-order valence-corrected chi connectivity index (χ2v) is 10.4. The summed E-state index contributed by atoms with van der Waals surface area (Å²) in [4.78, 5) is 22.9. The summed E-state index contributed by atoms with van der Waals surface area (Å²) in [6, 6.07) is 25.2. The highest BCUT2D eigenvalue weighted by molar-refractivity contribution is 5.87. The van der Waals surface area contributed by atoms with E-state index in [1.165, 1.54) is 10.9 Å². The number of para-hydroxylation sites is 1. The zero-order chi connectivity index (χ0) is 24.9. The SMILES string of the molecule is N#Cc1cccc2nc(-c3ccc(-c4ccc5[nH]ccc5c4)cc3)n(C[C@H]3CCN(C(=O)C4CC4)C3)c12. The van der Waals surface area contributed by atoms with Crippen LogP contribution < -0.4 is 0 Å². The number of carbonyl (C=O) groups is 1. The first-order valence-electron chi connectivity index (χ1n) is 13.0. The van der Waals surface area contributed by atoms with Crippen LogP contribution in [0, 0.1) is 23.2 Å². The van der Waals surface area contributed by atoms with Gasteiger partial charge in [-0.15, -0.1) is 0 Å². The number of nitriles is 1. The predicted molar refractivity (Wildman–Crippen MR) is 145 cm³/mol. The number of carbonyl (C=O) groups excluding carboxylic acids is 1. The third-order valence-corrected chi connectivity index (χ3v) is 7.88. The summed E-state index contributed by atoms with van der Waals surface area (Å²) in [6.45, 7) is 2.35. The lowest BCUT2D eigenvalue weighted by Crippen LogP contribution is -2.30. The van der Waals surface area contributed by atoms with Gasteiger partial charge in [0.25, 0.3) is 0 Å². The molecule has 1 aliphatic heterocycles. The summed E-state index contributed by atoms with van der Waals surface area (Å²) >= 11 is 0. The summed E-state index contributed by atoms with van der Waals surface area (Å²) in [5.41, 5.74) is 6.83. The van der Waals surface area contributed by atoms with Crippen molar-refractivity contribution < 1.29 is 4.79 Å². The van der Waals surface area contributed by atoms with Gasteiger partial charge in [-0.05, 0) is 72.0 Å². The Morgan fingerprint density at radius 3 is 2.62 bits per heavy atom. The predicted octanol–water partition coefficient (Wildman–Crippen LogP) is 5.98. The van der Waals surface area contributed by atoms with Crippen LogP contribution in [0.5, 0.6) is 0 Å². The number of hydrogen-bond acceptors (Lipinski definition) is 3. The molecule has 1 saturated heterocycles. The first-order valence-corrected chi connectivity index (χ1v) is 13.0. The Morgan fingerprint density at radius 2 is 1.81 bits per heavy atom. The van der Waals surface area contributed by atoms with Crippen molar-refractivity contribution in [3.8, 4) is 28.6 Å². The molecule has 0 radical (unpaired) electrons. The van der Waals surface area contributed by atoms with Gasteiger partial charge in [0.1, 0.15) is 11.9 Å². The van der Waals surface area contributed by atoms with Crippen molar-refractivity contribution in [2.24, 2.45) is 11.8 Å². The number of nitrogens with zero attached hydrogens (tertiary/aromatic N) is 4. The minimum absolute atomic E-state index is 0.255. The summed E-state index contributed by atoms with van der Waals surface area (Å²) in [5, 5.41) is 11.1. The second-order valence-electron chi connectivity index (χ2n) is 10.4. The van der Waals surface area contributed by atoms with Crippen molar-refractivity contribution in [3.63, 3.8) is 0 Å². The van der Waals surface area contributed by atoms with E-state index >= 15 is 0 Å². The molecule has 7 rings (SSSR count). The number of amides is 1. The lowest BCUT2D eigenvalue weighted by atomic mass is 10.0. The number of aromatic nitrogens is 3. The highest BCUT2D eigenvalue weighted by Crippen LogP contribution is 2.35. The molecule has 37 heavy (non-hydrogen) atoms. The van der Waals surface area contributed by atoms with Crippen molar-refractivity contribution in [2.45, 2.75) is 25.8 Å². The number of fused-ring (bicyclic) bond motifs is 2. The molecule has 0 spiro atoms. The fourth-order valence-electron chi connectivity index (χ4n) is 5.75. The molecule has 1 N–H and O–H groups in total. The normalized spacial score (nSPS) is 17.5. The van der Waals surface area contributed by atoms with Gasteiger partial charge in [-0.1, -0.05) is 36.4 Å². The molecule has 3 aromatic carbocycles. The van der Waals surface area contributed by atoms with Crippen molar-refractivity contribution in [3.05, 3.63) is 78.5 Å². The van der Waals surface area contributed by atoms with Gasteiger partial charge in [-0.2, -0.15) is 5.26 Å². The quantitative estimate of drug-likeness (QED) is 0.333. The monoisotopic (exact) mass is 485 g/mol. The Hall–Kier alpha value is -4.37. The maximum atomic E-state index is 12.6. The Bertz CT molecular complexity index is 1680. The van der Waals surface area contributed by atoms with E-state index in [9.17, 15) is 10.1 Å². The van der Waals surface area contributed by atoms with Gasteiger partial charge in [-0.3, -0.25) is 4.79 Å². The standard InChI is InChI=1S/C31H27N5O/c32-17-26-2-1-3-28-29(26)36(19-20-13-15-35(18-20)31(37)23-8-9-23)30(34-28)22-6-4-21(5-7-22)24-10-11-27-25(16-24)12-14-33-27/h1-7,10-12,14,16,20,23,33H,8-9,13,15,18-19H2/t20-/m0/s1. The molecule has 0 bridgehead atoms. The van der Waals surface area contributed by atoms with E-state index in [1.54, 1.807) is 0 Å². The number of nitrogens with one attached hydrogen (secondary N) is 1. The number of H-pyrrole nitrogens is 1. The molecule has 3 heterocycles. The molecule has 5 aromatic rings. The molecule has 1 saturated carbocycles. The van der Waals surface area contributed by atoms with Gasteiger partial charge in [0.15, 0.2) is 0 Å². The van der Waals surface area contributed by atoms with Gasteiger partial charge in [0.2, 0.25) is 5.91 Å². The Balaban J connectivity index is 1.24. The van der Waals surface area contributed by atoms with Crippen LogP contribution in [0.25, 0.3) is 44.5 Å². The van der Waals surface area contributed by atoms with Crippen molar-refractivity contribution in [2.75, 3.05) is 13.1 Å². The average molecular weight is 486 g/mol. The minimum Gasteiger partial charge on any atom is -0.361 e. The average Bonchev–Trinajstić information content (AvgIpc) is 3.32. The second kappa shape index (κ2) is 8.63. The summed E-state index contributed by atoms with van der Waals surface area (Å²) in [6.07, 6.45) is 5.02. The fraction of sp³-hybridized carbons (Fsp3) is 0.258. The number of benzene rings is 3. The molecule has 6 nitrogen and oxygen atoms in total. The summed E-state index contributed by atoms with van der Waals surface area (Å²) < 4.78 is 2.21. The van der Waals surface area contributed by atoms with Crippen LogP contribution in [0.4, 0.5) is 0 Å². The van der Waals surface area contributed by atoms with E-state index in [-0.39, 0.29) is 5.92 Å². The minimum atomic E-state index is 0.255. The molecule has 0 unspecified atom stereocenters. The Kier molecular flexibility index (Phi) is 5.10. The van der Waals surface area contributed by atoms with Crippen LogP contribution in [0.3, 0.4) is 0 Å². The van der Waals surface area contributed by atoms with E-state index in [4.69, 9.17) is 4.98 Å². The van der Waals surface area contributed by atoms with Crippen LogP contribution in [-0.2, 0) is 11.3 Å². The fourth-order valence-corrected chi connectivity index (χ4v) is 5.75. The lowest BCUT2D eigenvalue weighted by Gasteiger charge is -2.18. The highest BCUT2D eigenvalue weighted by Gasteiger charge is 2.37. The molecular formula is C31H27N5O. The summed E-state index contributed by atoms with van der Waals surface area (Å²) in [7, 11) is 0. The molecule has 2 aliphatic rings. The van der Waals surface area contributed by atoms with Crippen LogP contribution in [0.1, 0.15) is 24.8 Å². The van der Waals surface area contributed by atoms with Crippen LogP contribution >= 0.6 is 0 Å². The number of likely N-dealkylation sites (tertiary alicyclic amines) is 1. The van der Waals surface area contributed by atoms with Gasteiger partial charge in [0, 0.05) is 42.8 Å². The molecule has 1 atom stereocenters. The zero-order valence-electron chi connectivity index (χ0n) is 20.5. The van der Waals surface area contributed by atoms with Crippen molar-refractivity contribution in [1.29, 1.82) is 5.26 Å². The van der Waals surface area contributed by atoms with Gasteiger partial charge in [0.05, 0.1) is 16.6 Å². The smallest absolute Gasteiger partial charge is 0.225 e.